The lowest BCUT2D eigenvalue weighted by atomic mass is 10.0. The first-order valence-corrected chi connectivity index (χ1v) is 13.1. The Morgan fingerprint density at radius 2 is 1.11 bits per heavy atom. The molecule has 3 aliphatic heterocycles. The van der Waals surface area contributed by atoms with Gasteiger partial charge in [0.05, 0.1) is 0 Å². The summed E-state index contributed by atoms with van der Waals surface area (Å²) in [6, 6.07) is 20.4. The van der Waals surface area contributed by atoms with Crippen LogP contribution in [0.5, 0.6) is 0 Å². The molecule has 5 rings (SSSR count). The summed E-state index contributed by atoms with van der Waals surface area (Å²) in [5.41, 5.74) is 2.28. The van der Waals surface area contributed by atoms with Gasteiger partial charge in [-0.3, -0.25) is 0 Å². The lowest BCUT2D eigenvalue weighted by Gasteiger charge is -2.28. The van der Waals surface area contributed by atoms with E-state index in [-0.39, 0.29) is 12.1 Å². The maximum absolute atomic E-state index is 6.75. The van der Waals surface area contributed by atoms with Gasteiger partial charge in [-0.05, 0) is 24.0 Å². The molecule has 4 atom stereocenters. The second-order valence-electron chi connectivity index (χ2n) is 9.60. The first kappa shape index (κ1) is 24.0. The van der Waals surface area contributed by atoms with Crippen molar-refractivity contribution in [1.82, 2.24) is 0 Å². The van der Waals surface area contributed by atoms with Gasteiger partial charge in [0.1, 0.15) is 25.3 Å². The Morgan fingerprint density at radius 3 is 1.51 bits per heavy atom. The molecular weight excluding hydrogens is 440 g/mol. The molecule has 3 aliphatic rings. The van der Waals surface area contributed by atoms with Crippen molar-refractivity contribution in [3.63, 3.8) is 0 Å². The quantitative estimate of drug-likeness (QED) is 0.410. The SMILES string of the molecule is CCCCC1(CCCC)O[C@@H](C2=N[C@H](c3ccccc3)CO2)[C@H](C2=N[C@H](c3ccccc3)CO2)O1. The highest BCUT2D eigenvalue weighted by Crippen LogP contribution is 2.41. The van der Waals surface area contributed by atoms with E-state index >= 15 is 0 Å². The van der Waals surface area contributed by atoms with Gasteiger partial charge in [0.25, 0.3) is 0 Å². The molecule has 1 fully saturated rings. The molecule has 0 amide bonds. The summed E-state index contributed by atoms with van der Waals surface area (Å²) >= 11 is 0. The number of nitrogens with zero attached hydrogens (tertiary/aromatic N) is 2. The third-order valence-electron chi connectivity index (χ3n) is 6.98. The summed E-state index contributed by atoms with van der Waals surface area (Å²) in [7, 11) is 0. The van der Waals surface area contributed by atoms with E-state index in [2.05, 4.69) is 38.1 Å². The zero-order valence-electron chi connectivity index (χ0n) is 20.8. The highest BCUT2D eigenvalue weighted by atomic mass is 16.8. The first-order chi connectivity index (χ1) is 17.2. The van der Waals surface area contributed by atoms with Crippen LogP contribution in [0.1, 0.15) is 75.6 Å². The van der Waals surface area contributed by atoms with Crippen LogP contribution in [-0.4, -0.2) is 43.0 Å². The standard InChI is InChI=1S/C29H36N2O4/c1-3-5-17-29(18-6-4-2)34-25(27-30-23(19-32-27)21-13-9-7-10-14-21)26(35-29)28-31-24(20-33-28)22-15-11-8-12-16-22/h7-16,23-26H,3-6,17-20H2,1-2H3/t23-,24-,25+,26+/m0/s1. The van der Waals surface area contributed by atoms with E-state index < -0.39 is 18.0 Å². The van der Waals surface area contributed by atoms with Crippen LogP contribution < -0.4 is 0 Å². The number of hydrogen-bond acceptors (Lipinski definition) is 6. The Bertz CT molecular complexity index is 940. The fourth-order valence-corrected chi connectivity index (χ4v) is 5.01. The molecule has 0 spiro atoms. The van der Waals surface area contributed by atoms with Gasteiger partial charge in [0.15, 0.2) is 18.0 Å². The minimum Gasteiger partial charge on any atom is -0.476 e. The fourth-order valence-electron chi connectivity index (χ4n) is 5.01. The molecule has 0 unspecified atom stereocenters. The van der Waals surface area contributed by atoms with E-state index in [0.717, 1.165) is 49.7 Å². The summed E-state index contributed by atoms with van der Waals surface area (Å²) in [4.78, 5) is 9.89. The molecule has 186 valence electrons. The van der Waals surface area contributed by atoms with Gasteiger partial charge in [0.2, 0.25) is 11.8 Å². The van der Waals surface area contributed by atoms with Crippen LogP contribution in [0.4, 0.5) is 0 Å². The average molecular weight is 477 g/mol. The van der Waals surface area contributed by atoms with Crippen LogP contribution in [0, 0.1) is 0 Å². The molecule has 3 heterocycles. The van der Waals surface area contributed by atoms with E-state index in [1.807, 2.05) is 36.4 Å². The van der Waals surface area contributed by atoms with Crippen molar-refractivity contribution >= 4 is 11.8 Å². The molecule has 0 aliphatic carbocycles. The number of aliphatic imine (C=N–C) groups is 2. The number of unbranched alkanes of at least 4 members (excludes halogenated alkanes) is 2. The second-order valence-corrected chi connectivity index (χ2v) is 9.60. The van der Waals surface area contributed by atoms with Gasteiger partial charge in [-0.25, -0.2) is 9.98 Å². The van der Waals surface area contributed by atoms with Gasteiger partial charge in [-0.15, -0.1) is 0 Å². The number of ether oxygens (including phenoxy) is 4. The summed E-state index contributed by atoms with van der Waals surface area (Å²) in [5.74, 6) is 0.510. The highest BCUT2D eigenvalue weighted by Gasteiger charge is 2.54. The third kappa shape index (κ3) is 5.29. The molecule has 0 aromatic heterocycles. The highest BCUT2D eigenvalue weighted by molar-refractivity contribution is 5.93. The van der Waals surface area contributed by atoms with Crippen molar-refractivity contribution < 1.29 is 18.9 Å². The summed E-state index contributed by atoms with van der Waals surface area (Å²) in [6.45, 7) is 5.40. The average Bonchev–Trinajstić information content (AvgIpc) is 3.66. The lowest BCUT2D eigenvalue weighted by molar-refractivity contribution is -0.179. The molecule has 6 nitrogen and oxygen atoms in total. The zero-order chi connectivity index (χ0) is 24.1. The minimum absolute atomic E-state index is 0.0414. The fraction of sp³-hybridized carbons (Fsp3) is 0.517. The molecule has 1 saturated heterocycles. The predicted octanol–water partition coefficient (Wildman–Crippen LogP) is 6.19. The van der Waals surface area contributed by atoms with Crippen LogP contribution >= 0.6 is 0 Å². The number of rotatable bonds is 10. The number of benzene rings is 2. The molecule has 6 heteroatoms. The molecule has 0 radical (unpaired) electrons. The molecule has 2 aromatic carbocycles. The van der Waals surface area contributed by atoms with Crippen molar-refractivity contribution in [3.05, 3.63) is 71.8 Å². The Balaban J connectivity index is 1.44. The van der Waals surface area contributed by atoms with E-state index in [0.29, 0.717) is 25.0 Å². The van der Waals surface area contributed by atoms with Crippen molar-refractivity contribution in [1.29, 1.82) is 0 Å². The first-order valence-electron chi connectivity index (χ1n) is 13.1. The van der Waals surface area contributed by atoms with Crippen molar-refractivity contribution in [2.45, 2.75) is 82.5 Å². The Morgan fingerprint density at radius 1 is 0.686 bits per heavy atom. The maximum atomic E-state index is 6.75. The Hall–Kier alpha value is -2.70. The minimum atomic E-state index is -0.672. The van der Waals surface area contributed by atoms with E-state index in [1.54, 1.807) is 0 Å². The van der Waals surface area contributed by atoms with Crippen molar-refractivity contribution in [2.75, 3.05) is 13.2 Å². The summed E-state index contributed by atoms with van der Waals surface area (Å²) in [6.07, 6.45) is 4.96. The van der Waals surface area contributed by atoms with Crippen LogP contribution in [0.15, 0.2) is 70.6 Å². The summed E-state index contributed by atoms with van der Waals surface area (Å²) < 4.78 is 25.8. The predicted molar refractivity (Wildman–Crippen MR) is 137 cm³/mol. The van der Waals surface area contributed by atoms with Gasteiger partial charge in [0, 0.05) is 12.8 Å². The maximum Gasteiger partial charge on any atom is 0.217 e. The van der Waals surface area contributed by atoms with Crippen LogP contribution in [0.3, 0.4) is 0 Å². The van der Waals surface area contributed by atoms with Gasteiger partial charge in [-0.1, -0.05) is 87.4 Å². The Labute approximate surface area is 208 Å². The van der Waals surface area contributed by atoms with Gasteiger partial charge >= 0.3 is 0 Å². The molecule has 0 saturated carbocycles. The van der Waals surface area contributed by atoms with Crippen molar-refractivity contribution in [2.24, 2.45) is 9.98 Å². The largest absolute Gasteiger partial charge is 0.476 e. The topological polar surface area (TPSA) is 61.6 Å². The smallest absolute Gasteiger partial charge is 0.217 e. The van der Waals surface area contributed by atoms with Crippen LogP contribution in [0.25, 0.3) is 0 Å². The molecule has 2 aromatic rings. The third-order valence-corrected chi connectivity index (χ3v) is 6.98. The van der Waals surface area contributed by atoms with E-state index in [9.17, 15) is 0 Å². The number of hydrogen-bond donors (Lipinski definition) is 0. The van der Waals surface area contributed by atoms with Crippen LogP contribution in [-0.2, 0) is 18.9 Å². The lowest BCUT2D eigenvalue weighted by Crippen LogP contribution is -2.37. The van der Waals surface area contributed by atoms with Gasteiger partial charge in [-0.2, -0.15) is 0 Å². The molecule has 0 N–H and O–H groups in total. The van der Waals surface area contributed by atoms with Crippen LogP contribution in [0.2, 0.25) is 0 Å². The zero-order valence-corrected chi connectivity index (χ0v) is 20.8. The summed E-state index contributed by atoms with van der Waals surface area (Å²) in [5, 5.41) is 0. The molecular formula is C29H36N2O4. The second kappa shape index (κ2) is 10.9. The van der Waals surface area contributed by atoms with Crippen molar-refractivity contribution in [3.8, 4) is 0 Å². The normalized spacial score (nSPS) is 27.3. The van der Waals surface area contributed by atoms with E-state index in [4.69, 9.17) is 28.9 Å². The van der Waals surface area contributed by atoms with Gasteiger partial charge < -0.3 is 18.9 Å². The van der Waals surface area contributed by atoms with E-state index in [1.165, 1.54) is 0 Å². The monoisotopic (exact) mass is 476 g/mol. The molecule has 0 bridgehead atoms. The Kier molecular flexibility index (Phi) is 7.49. The molecule has 35 heavy (non-hydrogen) atoms.